The van der Waals surface area contributed by atoms with Crippen molar-refractivity contribution in [3.63, 3.8) is 0 Å². The van der Waals surface area contributed by atoms with Gasteiger partial charge in [-0.05, 0) is 48.4 Å². The minimum absolute atomic E-state index is 0.0702. The Kier molecular flexibility index (Phi) is 6.03. The van der Waals surface area contributed by atoms with Crippen LogP contribution >= 0.6 is 0 Å². The van der Waals surface area contributed by atoms with Gasteiger partial charge in [-0.15, -0.1) is 0 Å². The van der Waals surface area contributed by atoms with Crippen LogP contribution in [0, 0.1) is 0 Å². The molecule has 0 fully saturated rings. The number of anilines is 2. The summed E-state index contributed by atoms with van der Waals surface area (Å²) in [5.74, 6) is -0.178. The molecular weight excluding hydrogens is 424 g/mol. The Morgan fingerprint density at radius 1 is 1.15 bits per heavy atom. The lowest BCUT2D eigenvalue weighted by Crippen LogP contribution is -2.26. The molecule has 0 aliphatic carbocycles. The summed E-state index contributed by atoms with van der Waals surface area (Å²) in [5, 5.41) is 19.7. The van der Waals surface area contributed by atoms with Crippen molar-refractivity contribution >= 4 is 23.4 Å². The number of nitrogens with zero attached hydrogens (tertiary/aromatic N) is 2. The van der Waals surface area contributed by atoms with E-state index in [4.69, 9.17) is 9.47 Å². The van der Waals surface area contributed by atoms with Gasteiger partial charge in [0.05, 0.1) is 20.4 Å². The van der Waals surface area contributed by atoms with E-state index in [0.29, 0.717) is 22.7 Å². The molecule has 0 bridgehead atoms. The van der Waals surface area contributed by atoms with Crippen molar-refractivity contribution in [3.05, 3.63) is 77.1 Å². The second kappa shape index (κ2) is 9.07. The zero-order valence-electron chi connectivity index (χ0n) is 18.5. The first-order valence-electron chi connectivity index (χ1n) is 10.4. The highest BCUT2D eigenvalue weighted by Crippen LogP contribution is 2.38. The van der Waals surface area contributed by atoms with Crippen LogP contribution in [0.4, 0.5) is 11.5 Å². The van der Waals surface area contributed by atoms with Crippen LogP contribution in [0.3, 0.4) is 0 Å². The zero-order chi connectivity index (χ0) is 23.5. The molecule has 1 aliphatic heterocycles. The summed E-state index contributed by atoms with van der Waals surface area (Å²) in [6.45, 7) is 2.06. The van der Waals surface area contributed by atoms with Gasteiger partial charge in [0.1, 0.15) is 34.6 Å². The predicted octanol–water partition coefficient (Wildman–Crippen LogP) is 3.70. The van der Waals surface area contributed by atoms with Gasteiger partial charge in [-0.25, -0.2) is 9.48 Å². The van der Waals surface area contributed by atoms with Gasteiger partial charge in [0.25, 0.3) is 5.91 Å². The summed E-state index contributed by atoms with van der Waals surface area (Å²) in [6, 6.07) is 12.1. The van der Waals surface area contributed by atoms with Crippen molar-refractivity contribution in [1.29, 1.82) is 0 Å². The van der Waals surface area contributed by atoms with E-state index in [-0.39, 0.29) is 17.1 Å². The van der Waals surface area contributed by atoms with Crippen LogP contribution in [0.1, 0.15) is 34.5 Å². The topological polar surface area (TPSA) is 115 Å². The number of ether oxygens (including phenoxy) is 2. The van der Waals surface area contributed by atoms with E-state index in [1.807, 2.05) is 24.3 Å². The summed E-state index contributed by atoms with van der Waals surface area (Å²) in [5.41, 5.74) is 2.58. The van der Waals surface area contributed by atoms with Crippen LogP contribution in [0.5, 0.6) is 11.5 Å². The minimum Gasteiger partial charge on any atom is -0.497 e. The largest absolute Gasteiger partial charge is 0.497 e. The van der Waals surface area contributed by atoms with Crippen LogP contribution < -0.4 is 20.1 Å². The molecule has 1 amide bonds. The maximum atomic E-state index is 13.0. The minimum atomic E-state index is -1.16. The van der Waals surface area contributed by atoms with Gasteiger partial charge in [0.15, 0.2) is 0 Å². The number of carbonyl (C=O) groups excluding carboxylic acids is 1. The Balaban J connectivity index is 1.74. The monoisotopic (exact) mass is 448 g/mol. The molecule has 1 aliphatic rings. The van der Waals surface area contributed by atoms with E-state index in [0.717, 1.165) is 12.0 Å². The fraction of sp³-hybridized carbons (Fsp3) is 0.208. The first-order chi connectivity index (χ1) is 15.9. The van der Waals surface area contributed by atoms with Crippen LogP contribution in [0.2, 0.25) is 0 Å². The molecule has 9 heteroatoms. The Morgan fingerprint density at radius 3 is 2.55 bits per heavy atom. The summed E-state index contributed by atoms with van der Waals surface area (Å²) in [7, 11) is 3.07. The molecule has 2 heterocycles. The van der Waals surface area contributed by atoms with Gasteiger partial charge in [-0.1, -0.05) is 19.1 Å². The number of benzene rings is 2. The van der Waals surface area contributed by atoms with E-state index in [9.17, 15) is 14.7 Å². The number of allylic oxidation sites excluding steroid dienone is 1. The van der Waals surface area contributed by atoms with E-state index < -0.39 is 17.9 Å². The van der Waals surface area contributed by atoms with Gasteiger partial charge >= 0.3 is 5.97 Å². The molecule has 9 nitrogen and oxygen atoms in total. The van der Waals surface area contributed by atoms with Gasteiger partial charge in [0.2, 0.25) is 0 Å². The van der Waals surface area contributed by atoms with Crippen molar-refractivity contribution in [2.24, 2.45) is 0 Å². The first-order valence-corrected chi connectivity index (χ1v) is 10.4. The molecule has 2 aromatic carbocycles. The molecule has 3 N–H and O–H groups in total. The maximum absolute atomic E-state index is 13.0. The molecule has 4 rings (SSSR count). The van der Waals surface area contributed by atoms with Crippen molar-refractivity contribution < 1.29 is 24.2 Å². The first kappa shape index (κ1) is 21.9. The standard InChI is InChI=1S/C24H24N4O5/c1-4-14-5-7-15(8-6-14)26-23(29)18-13-25-28-20(12-19(24(30)31)27-22(18)28)17-11-16(32-2)9-10-21(17)33-3/h5-13,20,27H,4H2,1-3H3,(H,26,29)(H,30,31). The summed E-state index contributed by atoms with van der Waals surface area (Å²) in [6.07, 6.45) is 3.83. The summed E-state index contributed by atoms with van der Waals surface area (Å²) >= 11 is 0. The molecule has 3 aromatic rings. The number of rotatable bonds is 7. The zero-order valence-corrected chi connectivity index (χ0v) is 18.5. The quantitative estimate of drug-likeness (QED) is 0.505. The van der Waals surface area contributed by atoms with Gasteiger partial charge < -0.3 is 25.2 Å². The number of carboxylic acid groups (broad SMARTS) is 1. The number of aliphatic carboxylic acids is 1. The van der Waals surface area contributed by atoms with Gasteiger partial charge in [-0.3, -0.25) is 4.79 Å². The fourth-order valence-electron chi connectivity index (χ4n) is 3.70. The molecular formula is C24H24N4O5. The molecule has 0 radical (unpaired) electrons. The average Bonchev–Trinajstić information content (AvgIpc) is 3.27. The van der Waals surface area contributed by atoms with Crippen LogP contribution in [0.15, 0.2) is 60.4 Å². The smallest absolute Gasteiger partial charge is 0.352 e. The van der Waals surface area contributed by atoms with Crippen molar-refractivity contribution in [2.75, 3.05) is 24.9 Å². The maximum Gasteiger partial charge on any atom is 0.352 e. The second-order valence-corrected chi connectivity index (χ2v) is 7.42. The molecule has 1 unspecified atom stereocenters. The lowest BCUT2D eigenvalue weighted by atomic mass is 10.0. The number of aromatic nitrogens is 2. The Bertz CT molecular complexity index is 1230. The molecule has 33 heavy (non-hydrogen) atoms. The van der Waals surface area contributed by atoms with Crippen molar-refractivity contribution in [3.8, 4) is 11.5 Å². The highest BCUT2D eigenvalue weighted by Gasteiger charge is 2.31. The Labute approximate surface area is 190 Å². The summed E-state index contributed by atoms with van der Waals surface area (Å²) in [4.78, 5) is 24.9. The van der Waals surface area contributed by atoms with E-state index in [1.165, 1.54) is 19.4 Å². The summed E-state index contributed by atoms with van der Waals surface area (Å²) < 4.78 is 12.4. The Hall–Kier alpha value is -4.27. The number of amides is 1. The van der Waals surface area contributed by atoms with Crippen molar-refractivity contribution in [2.45, 2.75) is 19.4 Å². The average molecular weight is 448 g/mol. The number of carbonyl (C=O) groups is 2. The second-order valence-electron chi connectivity index (χ2n) is 7.42. The Morgan fingerprint density at radius 2 is 1.91 bits per heavy atom. The third kappa shape index (κ3) is 4.25. The van der Waals surface area contributed by atoms with E-state index in [1.54, 1.807) is 30.0 Å². The van der Waals surface area contributed by atoms with Crippen LogP contribution in [0.25, 0.3) is 0 Å². The molecule has 0 saturated carbocycles. The van der Waals surface area contributed by atoms with E-state index >= 15 is 0 Å². The number of carboxylic acids is 1. The highest BCUT2D eigenvalue weighted by atomic mass is 16.5. The number of aryl methyl sites for hydroxylation is 1. The number of fused-ring (bicyclic) bond motifs is 1. The van der Waals surface area contributed by atoms with Crippen molar-refractivity contribution in [1.82, 2.24) is 9.78 Å². The molecule has 1 atom stereocenters. The third-order valence-corrected chi connectivity index (χ3v) is 5.49. The van der Waals surface area contributed by atoms with Gasteiger partial charge in [0, 0.05) is 11.3 Å². The predicted molar refractivity (Wildman–Crippen MR) is 123 cm³/mol. The normalized spacial score (nSPS) is 14.5. The third-order valence-electron chi connectivity index (χ3n) is 5.49. The fourth-order valence-corrected chi connectivity index (χ4v) is 3.70. The highest BCUT2D eigenvalue weighted by molar-refractivity contribution is 6.08. The molecule has 1 aromatic heterocycles. The lowest BCUT2D eigenvalue weighted by Gasteiger charge is -2.26. The SMILES string of the molecule is CCc1ccc(NC(=O)c2cnn3c2NC(C(=O)O)=CC3c2cc(OC)ccc2OC)cc1. The number of methoxy groups -OCH3 is 2. The number of hydrogen-bond donors (Lipinski definition) is 3. The molecule has 170 valence electrons. The lowest BCUT2D eigenvalue weighted by molar-refractivity contribution is -0.132. The van der Waals surface area contributed by atoms with E-state index in [2.05, 4.69) is 22.7 Å². The number of hydrogen-bond acceptors (Lipinski definition) is 6. The van der Waals surface area contributed by atoms with Crippen LogP contribution in [-0.4, -0.2) is 41.0 Å². The molecule has 0 saturated heterocycles. The number of nitrogens with one attached hydrogen (secondary N) is 2. The molecule has 0 spiro atoms. The van der Waals surface area contributed by atoms with Crippen LogP contribution in [-0.2, 0) is 11.2 Å². The van der Waals surface area contributed by atoms with Gasteiger partial charge in [-0.2, -0.15) is 5.10 Å².